The van der Waals surface area contributed by atoms with Gasteiger partial charge in [0.05, 0.1) is 15.5 Å². The fourth-order valence-corrected chi connectivity index (χ4v) is 7.52. The molecule has 1 saturated carbocycles. The average Bonchev–Trinajstić information content (AvgIpc) is 3.83. The second-order valence-corrected chi connectivity index (χ2v) is 13.9. The second kappa shape index (κ2) is 13.5. The molecule has 0 bridgehead atoms. The van der Waals surface area contributed by atoms with E-state index in [4.69, 9.17) is 37.7 Å². The number of ether oxygens (including phenoxy) is 2. The fraction of sp³-hybridized carbons (Fsp3) is 0.324. The number of para-hydroxylation sites is 1. The largest absolute Gasteiger partial charge is 0.466 e. The minimum atomic E-state index is 0.0539. The van der Waals surface area contributed by atoms with Crippen LogP contribution in [0.5, 0.6) is 5.75 Å². The second-order valence-electron chi connectivity index (χ2n) is 12.2. The third-order valence-electron chi connectivity index (χ3n) is 9.11. The molecule has 4 aromatic carbocycles. The summed E-state index contributed by atoms with van der Waals surface area (Å²) in [5.74, 6) is 2.74. The van der Waals surface area contributed by atoms with Crippen molar-refractivity contribution in [3.63, 3.8) is 0 Å². The van der Waals surface area contributed by atoms with Crippen LogP contribution in [0.4, 0.5) is 0 Å². The number of halogens is 3. The summed E-state index contributed by atoms with van der Waals surface area (Å²) in [7, 11) is 1.65. The Morgan fingerprint density at radius 3 is 2.11 bits per heavy atom. The lowest BCUT2D eigenvalue weighted by Crippen LogP contribution is -2.34. The lowest BCUT2D eigenvalue weighted by Gasteiger charge is -2.34. The van der Waals surface area contributed by atoms with E-state index in [0.717, 1.165) is 58.3 Å². The van der Waals surface area contributed by atoms with E-state index in [0.29, 0.717) is 12.0 Å². The predicted molar refractivity (Wildman–Crippen MR) is 186 cm³/mol. The van der Waals surface area contributed by atoms with Gasteiger partial charge in [0.2, 0.25) is 0 Å². The molecule has 7 rings (SSSR count). The molecular formula is C37H36BrCl2N3O2. The van der Waals surface area contributed by atoms with Crippen molar-refractivity contribution in [2.24, 2.45) is 0 Å². The van der Waals surface area contributed by atoms with Gasteiger partial charge in [-0.3, -0.25) is 4.90 Å². The van der Waals surface area contributed by atoms with E-state index in [2.05, 4.69) is 80.0 Å². The molecule has 1 aliphatic heterocycles. The summed E-state index contributed by atoms with van der Waals surface area (Å²) in [5.41, 5.74) is 7.14. The molecule has 45 heavy (non-hydrogen) atoms. The van der Waals surface area contributed by atoms with Gasteiger partial charge in [0.1, 0.15) is 11.6 Å². The summed E-state index contributed by atoms with van der Waals surface area (Å²) in [6.45, 7) is 3.11. The molecule has 5 aromatic rings. The van der Waals surface area contributed by atoms with Gasteiger partial charge >= 0.3 is 0 Å². The van der Waals surface area contributed by atoms with Crippen LogP contribution in [0.3, 0.4) is 0 Å². The average molecular weight is 706 g/mol. The minimum absolute atomic E-state index is 0.0539. The van der Waals surface area contributed by atoms with Crippen LogP contribution < -0.4 is 4.74 Å². The van der Waals surface area contributed by atoms with E-state index in [1.54, 1.807) is 7.11 Å². The number of benzene rings is 4. The van der Waals surface area contributed by atoms with Crippen molar-refractivity contribution in [1.29, 1.82) is 0 Å². The Kier molecular flexibility index (Phi) is 9.21. The first-order valence-electron chi connectivity index (χ1n) is 15.6. The summed E-state index contributed by atoms with van der Waals surface area (Å²) in [4.78, 5) is 7.77. The van der Waals surface area contributed by atoms with Crippen LogP contribution in [-0.4, -0.2) is 41.4 Å². The molecule has 1 aliphatic carbocycles. The first-order valence-corrected chi connectivity index (χ1v) is 17.2. The number of piperidine rings is 1. The molecule has 0 radical (unpaired) electrons. The molecule has 1 saturated heterocycles. The van der Waals surface area contributed by atoms with Gasteiger partial charge in [0, 0.05) is 60.2 Å². The van der Waals surface area contributed by atoms with Crippen molar-refractivity contribution in [1.82, 2.24) is 14.5 Å². The number of rotatable bonds is 10. The molecule has 0 unspecified atom stereocenters. The van der Waals surface area contributed by atoms with Gasteiger partial charge in [-0.1, -0.05) is 65.7 Å². The Hall–Kier alpha value is -2.87. The van der Waals surface area contributed by atoms with E-state index < -0.39 is 0 Å². The molecule has 2 aliphatic rings. The minimum Gasteiger partial charge on any atom is -0.466 e. The van der Waals surface area contributed by atoms with Crippen LogP contribution in [0, 0.1) is 0 Å². The van der Waals surface area contributed by atoms with Gasteiger partial charge in [0.25, 0.3) is 0 Å². The van der Waals surface area contributed by atoms with E-state index in [9.17, 15) is 0 Å². The highest BCUT2D eigenvalue weighted by molar-refractivity contribution is 9.10. The third kappa shape index (κ3) is 6.68. The maximum Gasteiger partial charge on any atom is 0.188 e. The number of hydrogen-bond acceptors (Lipinski definition) is 4. The first kappa shape index (κ1) is 30.8. The first-order chi connectivity index (χ1) is 22.0. The molecule has 1 aromatic heterocycles. The maximum atomic E-state index is 6.30. The predicted octanol–water partition coefficient (Wildman–Crippen LogP) is 9.98. The summed E-state index contributed by atoms with van der Waals surface area (Å²) < 4.78 is 14.7. The van der Waals surface area contributed by atoms with Crippen LogP contribution in [0.15, 0.2) is 89.4 Å². The Bertz CT molecular complexity index is 1730. The van der Waals surface area contributed by atoms with Crippen molar-refractivity contribution in [2.75, 3.05) is 27.0 Å². The van der Waals surface area contributed by atoms with Crippen LogP contribution in [-0.2, 0) is 11.3 Å². The Morgan fingerprint density at radius 1 is 0.844 bits per heavy atom. The van der Waals surface area contributed by atoms with Crippen molar-refractivity contribution >= 4 is 50.2 Å². The molecule has 2 fully saturated rings. The van der Waals surface area contributed by atoms with Crippen molar-refractivity contribution in [3.05, 3.63) is 128 Å². The molecule has 5 nitrogen and oxygen atoms in total. The lowest BCUT2D eigenvalue weighted by atomic mass is 9.85. The Balaban J connectivity index is 1.19. The number of aromatic nitrogens is 2. The van der Waals surface area contributed by atoms with Gasteiger partial charge in [-0.05, 0) is 101 Å². The molecule has 2 heterocycles. The summed E-state index contributed by atoms with van der Waals surface area (Å²) in [6, 6.07) is 29.9. The highest BCUT2D eigenvalue weighted by atomic mass is 79.9. The van der Waals surface area contributed by atoms with Crippen LogP contribution in [0.25, 0.3) is 11.0 Å². The standard InChI is InChI=1S/C37H36BrCl2N3O2/c1-44-23-45-36-28(3-2-4-32(36)38)22-42-19-17-31(18-20-42)43-34-21-27(11-16-33(34)41-37(43)26-5-6-26)35(24-7-12-29(39)13-8-24)25-9-14-30(40)15-10-25/h2-4,7-16,21,26,31,35H,5-6,17-20,22-23H2,1H3. The number of hydrogen-bond donors (Lipinski definition) is 0. The lowest BCUT2D eigenvalue weighted by molar-refractivity contribution is 0.0490. The number of nitrogens with zero attached hydrogens (tertiary/aromatic N) is 3. The van der Waals surface area contributed by atoms with Crippen LogP contribution >= 0.6 is 39.1 Å². The van der Waals surface area contributed by atoms with Gasteiger partial charge in [0.15, 0.2) is 6.79 Å². The maximum absolute atomic E-state index is 6.30. The number of methoxy groups -OCH3 is 1. The summed E-state index contributed by atoms with van der Waals surface area (Å²) in [6.07, 6.45) is 4.60. The number of fused-ring (bicyclic) bond motifs is 1. The molecule has 0 amide bonds. The van der Waals surface area contributed by atoms with E-state index in [1.165, 1.54) is 46.4 Å². The Labute approximate surface area is 283 Å². The van der Waals surface area contributed by atoms with Gasteiger partial charge in [-0.2, -0.15) is 0 Å². The smallest absolute Gasteiger partial charge is 0.188 e. The van der Waals surface area contributed by atoms with Crippen LogP contribution in [0.2, 0.25) is 10.0 Å². The van der Waals surface area contributed by atoms with Crippen molar-refractivity contribution < 1.29 is 9.47 Å². The molecule has 8 heteroatoms. The molecule has 0 N–H and O–H groups in total. The molecular weight excluding hydrogens is 669 g/mol. The molecule has 0 atom stereocenters. The third-order valence-corrected chi connectivity index (χ3v) is 10.2. The highest BCUT2D eigenvalue weighted by Gasteiger charge is 2.33. The Morgan fingerprint density at radius 2 is 1.49 bits per heavy atom. The number of likely N-dealkylation sites (tertiary alicyclic amines) is 1. The normalized spacial score (nSPS) is 16.1. The monoisotopic (exact) mass is 703 g/mol. The van der Waals surface area contributed by atoms with E-state index >= 15 is 0 Å². The zero-order chi connectivity index (χ0) is 30.9. The summed E-state index contributed by atoms with van der Waals surface area (Å²) in [5, 5.41) is 1.47. The quantitative estimate of drug-likeness (QED) is 0.107. The molecule has 232 valence electrons. The SMILES string of the molecule is COCOc1c(Br)cccc1CN1CCC(n2c(C3CC3)nc3ccc(C(c4ccc(Cl)cc4)c4ccc(Cl)cc4)cc32)CC1. The van der Waals surface area contributed by atoms with E-state index in [1.807, 2.05) is 30.3 Å². The molecule has 0 spiro atoms. The van der Waals surface area contributed by atoms with Crippen molar-refractivity contribution in [3.8, 4) is 5.75 Å². The van der Waals surface area contributed by atoms with Gasteiger partial charge in [-0.15, -0.1) is 0 Å². The van der Waals surface area contributed by atoms with Gasteiger partial charge < -0.3 is 14.0 Å². The van der Waals surface area contributed by atoms with Crippen LogP contribution in [0.1, 0.15) is 71.6 Å². The van der Waals surface area contributed by atoms with E-state index in [-0.39, 0.29) is 12.7 Å². The van der Waals surface area contributed by atoms with Gasteiger partial charge in [-0.25, -0.2) is 4.98 Å². The zero-order valence-corrected chi connectivity index (χ0v) is 28.4. The highest BCUT2D eigenvalue weighted by Crippen LogP contribution is 2.44. The number of imidazole rings is 1. The van der Waals surface area contributed by atoms with Crippen molar-refractivity contribution in [2.45, 2.75) is 50.1 Å². The fourth-order valence-electron chi connectivity index (χ4n) is 6.74. The zero-order valence-electron chi connectivity index (χ0n) is 25.3. The topological polar surface area (TPSA) is 39.5 Å². The summed E-state index contributed by atoms with van der Waals surface area (Å²) >= 11 is 16.3.